The number of rotatable bonds is 5. The van der Waals surface area contributed by atoms with Gasteiger partial charge in [0.05, 0.1) is 13.8 Å². The first-order valence-electron chi connectivity index (χ1n) is 6.31. The molecule has 0 atom stereocenters. The van der Waals surface area contributed by atoms with Gasteiger partial charge in [-0.2, -0.15) is 0 Å². The predicted molar refractivity (Wildman–Crippen MR) is 74.0 cm³/mol. The van der Waals surface area contributed by atoms with Crippen molar-refractivity contribution in [2.45, 2.75) is 20.1 Å². The van der Waals surface area contributed by atoms with Crippen molar-refractivity contribution in [1.29, 1.82) is 0 Å². The third kappa shape index (κ3) is 3.42. The van der Waals surface area contributed by atoms with Gasteiger partial charge in [-0.05, 0) is 25.1 Å². The molecule has 1 heterocycles. The van der Waals surface area contributed by atoms with Crippen LogP contribution in [-0.2, 0) is 18.0 Å². The first kappa shape index (κ1) is 14.2. The molecule has 20 heavy (non-hydrogen) atoms. The molecule has 1 aromatic carbocycles. The fourth-order valence-corrected chi connectivity index (χ4v) is 1.92. The van der Waals surface area contributed by atoms with E-state index in [2.05, 4.69) is 38.8 Å². The Morgan fingerprint density at radius 2 is 2.15 bits per heavy atom. The normalized spacial score (nSPS) is 10.8. The number of hydrogen-bond donors (Lipinski definition) is 0. The van der Waals surface area contributed by atoms with E-state index in [1.54, 1.807) is 4.68 Å². The zero-order chi connectivity index (χ0) is 14.5. The highest BCUT2D eigenvalue weighted by Gasteiger charge is 2.12. The molecule has 0 radical (unpaired) electrons. The molecule has 0 amide bonds. The van der Waals surface area contributed by atoms with Gasteiger partial charge in [-0.3, -0.25) is 4.90 Å². The van der Waals surface area contributed by atoms with Gasteiger partial charge in [-0.15, -0.1) is 5.10 Å². The molecule has 0 saturated carbocycles. The minimum atomic E-state index is -0.523. The highest BCUT2D eigenvalue weighted by molar-refractivity contribution is 5.84. The Kier molecular flexibility index (Phi) is 4.47. The number of aromatic nitrogens is 3. The summed E-state index contributed by atoms with van der Waals surface area (Å²) in [5, 5.41) is 4.07. The predicted octanol–water partition coefficient (Wildman–Crippen LogP) is 1.46. The van der Waals surface area contributed by atoms with Gasteiger partial charge in [0.1, 0.15) is 6.33 Å². The van der Waals surface area contributed by atoms with Crippen molar-refractivity contribution >= 4 is 5.97 Å². The smallest absolute Gasteiger partial charge is 0.377 e. The number of ether oxygens (including phenoxy) is 1. The van der Waals surface area contributed by atoms with Crippen LogP contribution < -0.4 is 0 Å². The van der Waals surface area contributed by atoms with Crippen molar-refractivity contribution in [3.63, 3.8) is 0 Å². The van der Waals surface area contributed by atoms with Crippen LogP contribution in [0.4, 0.5) is 0 Å². The van der Waals surface area contributed by atoms with E-state index in [9.17, 15) is 4.79 Å². The quantitative estimate of drug-likeness (QED) is 0.773. The Morgan fingerprint density at radius 1 is 1.40 bits per heavy atom. The van der Waals surface area contributed by atoms with Crippen LogP contribution in [0.2, 0.25) is 0 Å². The van der Waals surface area contributed by atoms with E-state index in [0.717, 1.165) is 6.54 Å². The molecule has 2 aromatic rings. The fraction of sp³-hybridized carbons (Fsp3) is 0.357. The van der Waals surface area contributed by atoms with Crippen molar-refractivity contribution in [2.24, 2.45) is 0 Å². The zero-order valence-electron chi connectivity index (χ0n) is 11.9. The van der Waals surface area contributed by atoms with Crippen molar-refractivity contribution in [3.05, 3.63) is 47.5 Å². The van der Waals surface area contributed by atoms with E-state index in [4.69, 9.17) is 0 Å². The van der Waals surface area contributed by atoms with Crippen LogP contribution in [0.15, 0.2) is 30.6 Å². The van der Waals surface area contributed by atoms with Crippen molar-refractivity contribution in [3.8, 4) is 0 Å². The second kappa shape index (κ2) is 6.29. The van der Waals surface area contributed by atoms with E-state index in [0.29, 0.717) is 6.67 Å². The molecule has 106 valence electrons. The topological polar surface area (TPSA) is 60.2 Å². The lowest BCUT2D eigenvalue weighted by molar-refractivity contribution is 0.0585. The molecule has 0 aliphatic carbocycles. The molecular weight excluding hydrogens is 256 g/mol. The summed E-state index contributed by atoms with van der Waals surface area (Å²) in [7, 11) is 3.30. The number of carbonyl (C=O) groups excluding carboxylic acids is 1. The molecule has 0 saturated heterocycles. The number of carbonyl (C=O) groups is 1. The third-order valence-electron chi connectivity index (χ3n) is 2.99. The van der Waals surface area contributed by atoms with Gasteiger partial charge in [-0.25, -0.2) is 14.5 Å². The maximum absolute atomic E-state index is 11.3. The van der Waals surface area contributed by atoms with E-state index in [-0.39, 0.29) is 5.82 Å². The van der Waals surface area contributed by atoms with Crippen molar-refractivity contribution in [1.82, 2.24) is 19.7 Å². The molecule has 0 spiro atoms. The Labute approximate surface area is 118 Å². The van der Waals surface area contributed by atoms with Crippen LogP contribution in [-0.4, -0.2) is 39.8 Å². The maximum Gasteiger partial charge on any atom is 0.377 e. The molecule has 6 nitrogen and oxygen atoms in total. The summed E-state index contributed by atoms with van der Waals surface area (Å²) >= 11 is 0. The Hall–Kier alpha value is -2.21. The summed E-state index contributed by atoms with van der Waals surface area (Å²) in [5.41, 5.74) is 2.52. The summed E-state index contributed by atoms with van der Waals surface area (Å²) in [5.74, 6) is -0.443. The average Bonchev–Trinajstić information content (AvgIpc) is 2.89. The van der Waals surface area contributed by atoms with E-state index in [1.165, 1.54) is 24.6 Å². The van der Waals surface area contributed by atoms with Crippen molar-refractivity contribution < 1.29 is 9.53 Å². The number of benzene rings is 1. The van der Waals surface area contributed by atoms with Crippen molar-refractivity contribution in [2.75, 3.05) is 14.2 Å². The summed E-state index contributed by atoms with van der Waals surface area (Å²) in [6.45, 7) is 3.45. The van der Waals surface area contributed by atoms with Gasteiger partial charge in [0.2, 0.25) is 0 Å². The summed E-state index contributed by atoms with van der Waals surface area (Å²) in [4.78, 5) is 17.3. The Bertz CT molecular complexity index is 594. The van der Waals surface area contributed by atoms with Gasteiger partial charge in [0.25, 0.3) is 5.82 Å². The van der Waals surface area contributed by atoms with Crippen LogP contribution >= 0.6 is 0 Å². The number of hydrogen-bond acceptors (Lipinski definition) is 5. The first-order valence-corrected chi connectivity index (χ1v) is 6.31. The second-order valence-corrected chi connectivity index (χ2v) is 4.68. The number of aryl methyl sites for hydroxylation is 1. The Morgan fingerprint density at radius 3 is 2.85 bits per heavy atom. The van der Waals surface area contributed by atoms with Gasteiger partial charge in [0.15, 0.2) is 0 Å². The molecule has 6 heteroatoms. The van der Waals surface area contributed by atoms with Crippen LogP contribution in [0, 0.1) is 6.92 Å². The van der Waals surface area contributed by atoms with E-state index >= 15 is 0 Å². The largest absolute Gasteiger partial charge is 0.463 e. The van der Waals surface area contributed by atoms with Gasteiger partial charge >= 0.3 is 5.97 Å². The zero-order valence-corrected chi connectivity index (χ0v) is 11.9. The fourth-order valence-electron chi connectivity index (χ4n) is 1.92. The van der Waals surface area contributed by atoms with E-state index < -0.39 is 5.97 Å². The Balaban J connectivity index is 1.98. The maximum atomic E-state index is 11.3. The van der Waals surface area contributed by atoms with Gasteiger partial charge < -0.3 is 4.74 Å². The van der Waals surface area contributed by atoms with Crippen LogP contribution in [0.25, 0.3) is 0 Å². The van der Waals surface area contributed by atoms with Crippen LogP contribution in [0.1, 0.15) is 21.7 Å². The number of esters is 1. The molecule has 0 fully saturated rings. The SMILES string of the molecule is COC(=O)c1ncn(CN(C)Cc2ccccc2C)n1. The summed E-state index contributed by atoms with van der Waals surface area (Å²) in [6.07, 6.45) is 1.53. The van der Waals surface area contributed by atoms with Crippen LogP contribution in [0.3, 0.4) is 0 Å². The molecule has 0 aliphatic heterocycles. The van der Waals surface area contributed by atoms with E-state index in [1.807, 2.05) is 19.2 Å². The molecule has 0 unspecified atom stereocenters. The second-order valence-electron chi connectivity index (χ2n) is 4.68. The van der Waals surface area contributed by atoms with Crippen LogP contribution in [0.5, 0.6) is 0 Å². The molecule has 0 bridgehead atoms. The standard InChI is InChI=1S/C14H18N4O2/c1-11-6-4-5-7-12(11)8-17(2)10-18-9-15-13(16-18)14(19)20-3/h4-7,9H,8,10H2,1-3H3. The minimum Gasteiger partial charge on any atom is -0.463 e. The molecule has 2 rings (SSSR count). The first-order chi connectivity index (χ1) is 9.60. The monoisotopic (exact) mass is 274 g/mol. The molecular formula is C14H18N4O2. The lowest BCUT2D eigenvalue weighted by Crippen LogP contribution is -2.22. The summed E-state index contributed by atoms with van der Waals surface area (Å²) < 4.78 is 6.19. The molecule has 0 aliphatic rings. The van der Waals surface area contributed by atoms with Gasteiger partial charge in [0, 0.05) is 6.54 Å². The third-order valence-corrected chi connectivity index (χ3v) is 2.99. The lowest BCUT2D eigenvalue weighted by atomic mass is 10.1. The minimum absolute atomic E-state index is 0.0804. The number of methoxy groups -OCH3 is 1. The highest BCUT2D eigenvalue weighted by atomic mass is 16.5. The molecule has 1 aromatic heterocycles. The van der Waals surface area contributed by atoms with Gasteiger partial charge in [-0.1, -0.05) is 24.3 Å². The molecule has 0 N–H and O–H groups in total. The number of nitrogens with zero attached hydrogens (tertiary/aromatic N) is 4. The average molecular weight is 274 g/mol. The lowest BCUT2D eigenvalue weighted by Gasteiger charge is -2.17. The highest BCUT2D eigenvalue weighted by Crippen LogP contribution is 2.09. The summed E-state index contributed by atoms with van der Waals surface area (Å²) in [6, 6.07) is 8.25.